The van der Waals surface area contributed by atoms with Crippen LogP contribution in [0.1, 0.15) is 5.56 Å². The number of halogens is 1. The molecular weight excluding hydrogens is 177 g/mol. The maximum absolute atomic E-state index is 13.0. The summed E-state index contributed by atoms with van der Waals surface area (Å²) in [6.45, 7) is 0. The first-order chi connectivity index (χ1) is 5.69. The average Bonchev–Trinajstić information content (AvgIpc) is 2.09. The van der Waals surface area contributed by atoms with Crippen LogP contribution in [0.3, 0.4) is 0 Å². The molecule has 0 aliphatic rings. The van der Waals surface area contributed by atoms with Crippen LogP contribution in [0.2, 0.25) is 0 Å². The minimum atomic E-state index is -0.610. The molecule has 0 radical (unpaired) electrons. The van der Waals surface area contributed by atoms with Gasteiger partial charge >= 0.3 is 0 Å². The van der Waals surface area contributed by atoms with Gasteiger partial charge in [-0.05, 0) is 6.07 Å². The van der Waals surface area contributed by atoms with Crippen LogP contribution in [-0.4, -0.2) is 7.11 Å². The highest BCUT2D eigenvalue weighted by atomic mass is 32.1. The number of benzene rings is 1. The molecule has 0 aromatic heterocycles. The van der Waals surface area contributed by atoms with Crippen LogP contribution in [0.4, 0.5) is 4.39 Å². The molecule has 0 N–H and O–H groups in total. The van der Waals surface area contributed by atoms with Crippen LogP contribution in [0.5, 0.6) is 5.75 Å². The molecule has 1 aromatic rings. The Hall–Kier alpha value is -1.21. The van der Waals surface area contributed by atoms with E-state index >= 15 is 0 Å². The standard InChI is InChI=1S/C8H6FNOS/c1-11-6-2-5(4-10)8(9)7(12)3-6/h2-3,12H,1H3. The van der Waals surface area contributed by atoms with Crippen molar-refractivity contribution in [3.8, 4) is 11.8 Å². The number of nitrogens with zero attached hydrogens (tertiary/aromatic N) is 1. The van der Waals surface area contributed by atoms with Gasteiger partial charge in [-0.25, -0.2) is 4.39 Å². The smallest absolute Gasteiger partial charge is 0.154 e. The largest absolute Gasteiger partial charge is 0.497 e. The zero-order chi connectivity index (χ0) is 9.14. The molecule has 0 saturated heterocycles. The lowest BCUT2D eigenvalue weighted by Gasteiger charge is -2.02. The molecule has 0 saturated carbocycles. The van der Waals surface area contributed by atoms with Gasteiger partial charge in [0.2, 0.25) is 0 Å². The third-order valence-corrected chi connectivity index (χ3v) is 1.71. The molecule has 0 fully saturated rings. The number of thiol groups is 1. The molecular formula is C8H6FNOS. The van der Waals surface area contributed by atoms with Gasteiger partial charge in [-0.15, -0.1) is 12.6 Å². The van der Waals surface area contributed by atoms with Crippen molar-refractivity contribution in [2.45, 2.75) is 4.90 Å². The van der Waals surface area contributed by atoms with E-state index in [1.165, 1.54) is 19.2 Å². The quantitative estimate of drug-likeness (QED) is 0.675. The Balaban J connectivity index is 3.31. The third kappa shape index (κ3) is 1.51. The second-order valence-corrected chi connectivity index (χ2v) is 2.60. The molecule has 0 aliphatic carbocycles. The van der Waals surface area contributed by atoms with Crippen molar-refractivity contribution in [2.75, 3.05) is 7.11 Å². The second kappa shape index (κ2) is 3.46. The maximum atomic E-state index is 13.0. The predicted molar refractivity (Wildman–Crippen MR) is 44.9 cm³/mol. The lowest BCUT2D eigenvalue weighted by atomic mass is 10.2. The van der Waals surface area contributed by atoms with Gasteiger partial charge in [-0.3, -0.25) is 0 Å². The number of nitriles is 1. The van der Waals surface area contributed by atoms with Gasteiger partial charge in [-0.2, -0.15) is 5.26 Å². The molecule has 2 nitrogen and oxygen atoms in total. The number of hydrogen-bond acceptors (Lipinski definition) is 3. The average molecular weight is 183 g/mol. The van der Waals surface area contributed by atoms with Crippen LogP contribution in [-0.2, 0) is 0 Å². The Morgan fingerprint density at radius 2 is 2.25 bits per heavy atom. The lowest BCUT2D eigenvalue weighted by Crippen LogP contribution is -1.89. The van der Waals surface area contributed by atoms with E-state index in [0.29, 0.717) is 5.75 Å². The van der Waals surface area contributed by atoms with Gasteiger partial charge < -0.3 is 4.74 Å². The molecule has 1 rings (SSSR count). The molecule has 0 bridgehead atoms. The van der Waals surface area contributed by atoms with Gasteiger partial charge in [0, 0.05) is 11.0 Å². The van der Waals surface area contributed by atoms with Crippen molar-refractivity contribution in [2.24, 2.45) is 0 Å². The first kappa shape index (κ1) is 8.88. The highest BCUT2D eigenvalue weighted by molar-refractivity contribution is 7.80. The van der Waals surface area contributed by atoms with E-state index < -0.39 is 5.82 Å². The number of methoxy groups -OCH3 is 1. The summed E-state index contributed by atoms with van der Waals surface area (Å²) in [7, 11) is 1.45. The number of ether oxygens (including phenoxy) is 1. The highest BCUT2D eigenvalue weighted by Crippen LogP contribution is 2.23. The fourth-order valence-electron chi connectivity index (χ4n) is 0.783. The van der Waals surface area contributed by atoms with E-state index in [0.717, 1.165) is 0 Å². The molecule has 1 aromatic carbocycles. The van der Waals surface area contributed by atoms with E-state index in [9.17, 15) is 4.39 Å². The maximum Gasteiger partial charge on any atom is 0.154 e. The van der Waals surface area contributed by atoms with Gasteiger partial charge in [0.05, 0.1) is 12.7 Å². The molecule has 0 heterocycles. The molecule has 12 heavy (non-hydrogen) atoms. The van der Waals surface area contributed by atoms with Crippen LogP contribution < -0.4 is 4.74 Å². The SMILES string of the molecule is COc1cc(S)c(F)c(C#N)c1. The zero-order valence-electron chi connectivity index (χ0n) is 6.34. The van der Waals surface area contributed by atoms with E-state index in [-0.39, 0.29) is 10.5 Å². The van der Waals surface area contributed by atoms with Crippen molar-refractivity contribution < 1.29 is 9.13 Å². The first-order valence-corrected chi connectivity index (χ1v) is 3.60. The number of rotatable bonds is 1. The van der Waals surface area contributed by atoms with Crippen molar-refractivity contribution in [1.82, 2.24) is 0 Å². The van der Waals surface area contributed by atoms with E-state index in [2.05, 4.69) is 12.6 Å². The Kier molecular flexibility index (Phi) is 2.56. The summed E-state index contributed by atoms with van der Waals surface area (Å²) >= 11 is 3.84. The van der Waals surface area contributed by atoms with Crippen molar-refractivity contribution in [1.29, 1.82) is 5.26 Å². The van der Waals surface area contributed by atoms with E-state index in [1.807, 2.05) is 0 Å². The normalized spacial score (nSPS) is 9.17. The summed E-state index contributed by atoms with van der Waals surface area (Å²) in [5, 5.41) is 8.48. The number of hydrogen-bond donors (Lipinski definition) is 1. The van der Waals surface area contributed by atoms with Crippen molar-refractivity contribution in [3.05, 3.63) is 23.5 Å². The predicted octanol–water partition coefficient (Wildman–Crippen LogP) is 1.99. The lowest BCUT2D eigenvalue weighted by molar-refractivity contribution is 0.411. The van der Waals surface area contributed by atoms with Gasteiger partial charge in [-0.1, -0.05) is 0 Å². The molecule has 62 valence electrons. The van der Waals surface area contributed by atoms with Gasteiger partial charge in [0.1, 0.15) is 11.8 Å². The Bertz CT molecular complexity index is 346. The Labute approximate surface area is 75.0 Å². The first-order valence-electron chi connectivity index (χ1n) is 3.15. The summed E-state index contributed by atoms with van der Waals surface area (Å²) < 4.78 is 17.8. The minimum absolute atomic E-state index is 0.0562. The minimum Gasteiger partial charge on any atom is -0.497 e. The third-order valence-electron chi connectivity index (χ3n) is 1.38. The van der Waals surface area contributed by atoms with Crippen LogP contribution >= 0.6 is 12.6 Å². The molecule has 0 amide bonds. The van der Waals surface area contributed by atoms with Crippen LogP contribution in [0.25, 0.3) is 0 Å². The molecule has 0 spiro atoms. The van der Waals surface area contributed by atoms with Gasteiger partial charge in [0.25, 0.3) is 0 Å². The topological polar surface area (TPSA) is 33.0 Å². The molecule has 4 heteroatoms. The van der Waals surface area contributed by atoms with Crippen LogP contribution in [0.15, 0.2) is 17.0 Å². The monoisotopic (exact) mass is 183 g/mol. The van der Waals surface area contributed by atoms with Gasteiger partial charge in [0.15, 0.2) is 5.82 Å². The fraction of sp³-hybridized carbons (Fsp3) is 0.125. The molecule has 0 atom stereocenters. The summed E-state index contributed by atoms with van der Waals surface area (Å²) in [5.74, 6) is -0.181. The molecule has 0 aliphatic heterocycles. The van der Waals surface area contributed by atoms with Crippen LogP contribution in [0, 0.1) is 17.1 Å². The second-order valence-electron chi connectivity index (χ2n) is 2.12. The van der Waals surface area contributed by atoms with Crippen molar-refractivity contribution in [3.63, 3.8) is 0 Å². The Morgan fingerprint density at radius 3 is 2.75 bits per heavy atom. The van der Waals surface area contributed by atoms with E-state index in [1.54, 1.807) is 6.07 Å². The summed E-state index contributed by atoms with van der Waals surface area (Å²) in [5.41, 5.74) is -0.0562. The summed E-state index contributed by atoms with van der Waals surface area (Å²) in [6.07, 6.45) is 0. The summed E-state index contributed by atoms with van der Waals surface area (Å²) in [6, 6.07) is 4.45. The highest BCUT2D eigenvalue weighted by Gasteiger charge is 2.07. The van der Waals surface area contributed by atoms with E-state index in [4.69, 9.17) is 10.00 Å². The molecule has 0 unspecified atom stereocenters. The van der Waals surface area contributed by atoms with Crippen molar-refractivity contribution >= 4 is 12.6 Å². The summed E-state index contributed by atoms with van der Waals surface area (Å²) in [4.78, 5) is 0.117. The zero-order valence-corrected chi connectivity index (χ0v) is 7.23. The fourth-order valence-corrected chi connectivity index (χ4v) is 1.03. The Morgan fingerprint density at radius 1 is 1.58 bits per heavy atom.